The number of rotatable bonds is 8. The Hall–Kier alpha value is -3.09. The van der Waals surface area contributed by atoms with E-state index in [1.807, 2.05) is 0 Å². The summed E-state index contributed by atoms with van der Waals surface area (Å²) in [7, 11) is 0. The van der Waals surface area contributed by atoms with E-state index in [1.165, 1.54) is 0 Å². The average Bonchev–Trinajstić information content (AvgIpc) is 3.28. The highest BCUT2D eigenvalue weighted by atomic mass is 35.5. The van der Waals surface area contributed by atoms with Crippen molar-refractivity contribution >= 4 is 46.6 Å². The maximum Gasteiger partial charge on any atom is 0.471 e. The molecule has 1 aliphatic carbocycles. The van der Waals surface area contributed by atoms with Crippen LogP contribution >= 0.6 is 23.2 Å². The highest BCUT2D eigenvalue weighted by Gasteiger charge is 2.40. The molecule has 1 aliphatic rings. The number of alkyl halides is 3. The normalized spacial score (nSPS) is 17.9. The summed E-state index contributed by atoms with van der Waals surface area (Å²) in [6, 6.07) is 4.32. The van der Waals surface area contributed by atoms with Gasteiger partial charge in [-0.2, -0.15) is 23.3 Å². The van der Waals surface area contributed by atoms with Gasteiger partial charge in [-0.15, -0.1) is 0 Å². The molecule has 2 heterocycles. The first kappa shape index (κ1) is 27.0. The summed E-state index contributed by atoms with van der Waals surface area (Å²) >= 11 is 12.2. The number of aliphatic hydroxyl groups excluding tert-OH is 1. The zero-order valence-electron chi connectivity index (χ0n) is 19.4. The Morgan fingerprint density at radius 3 is 2.41 bits per heavy atom. The molecule has 0 aliphatic heterocycles. The number of amides is 1. The number of nitrogens with zero attached hydrogens (tertiary/aromatic N) is 4. The number of anilines is 3. The van der Waals surface area contributed by atoms with Gasteiger partial charge < -0.3 is 21.1 Å². The molecule has 1 amide bonds. The first-order valence-corrected chi connectivity index (χ1v) is 12.2. The van der Waals surface area contributed by atoms with E-state index in [-0.39, 0.29) is 18.6 Å². The van der Waals surface area contributed by atoms with Gasteiger partial charge in [-0.05, 0) is 43.9 Å². The standard InChI is InChI=1S/C23H24Cl2F3N7O2/c24-14-7-15(25)9-18(8-14)33-22-29-11-19(13-10-30-35(12-13)5-6-36)20(34-22)31-16-1-3-17(4-2-16)32-21(37)23(26,27)28/h7-12,16-17,36H,1-6H2,(H,32,37)(H2,29,31,33,34). The Bertz CT molecular complexity index is 1230. The molecule has 0 atom stereocenters. The monoisotopic (exact) mass is 557 g/mol. The molecule has 37 heavy (non-hydrogen) atoms. The van der Waals surface area contributed by atoms with E-state index >= 15 is 0 Å². The average molecular weight is 558 g/mol. The molecule has 0 spiro atoms. The van der Waals surface area contributed by atoms with Crippen molar-refractivity contribution in [1.29, 1.82) is 0 Å². The second kappa shape index (κ2) is 11.5. The lowest BCUT2D eigenvalue weighted by Gasteiger charge is -2.30. The molecule has 0 radical (unpaired) electrons. The summed E-state index contributed by atoms with van der Waals surface area (Å²) < 4.78 is 39.3. The molecule has 0 saturated heterocycles. The largest absolute Gasteiger partial charge is 0.471 e. The maximum absolute atomic E-state index is 12.6. The minimum absolute atomic E-state index is 0.0676. The molecule has 4 rings (SSSR count). The van der Waals surface area contributed by atoms with Crippen molar-refractivity contribution in [3.63, 3.8) is 0 Å². The highest BCUT2D eigenvalue weighted by Crippen LogP contribution is 2.31. The van der Waals surface area contributed by atoms with Gasteiger partial charge in [0.2, 0.25) is 5.95 Å². The van der Waals surface area contributed by atoms with Crippen LogP contribution in [-0.4, -0.2) is 55.6 Å². The van der Waals surface area contributed by atoms with Gasteiger partial charge in [0.25, 0.3) is 0 Å². The maximum atomic E-state index is 12.6. The van der Waals surface area contributed by atoms with Gasteiger partial charge >= 0.3 is 12.1 Å². The fraction of sp³-hybridized carbons (Fsp3) is 0.391. The fourth-order valence-electron chi connectivity index (χ4n) is 4.09. The van der Waals surface area contributed by atoms with Crippen molar-refractivity contribution in [2.45, 2.75) is 50.5 Å². The van der Waals surface area contributed by atoms with Crippen LogP contribution in [0.1, 0.15) is 25.7 Å². The molecule has 198 valence electrons. The summed E-state index contributed by atoms with van der Waals surface area (Å²) in [4.78, 5) is 20.3. The molecule has 1 fully saturated rings. The van der Waals surface area contributed by atoms with Gasteiger partial charge in [0.15, 0.2) is 0 Å². The Morgan fingerprint density at radius 2 is 1.76 bits per heavy atom. The quantitative estimate of drug-likeness (QED) is 0.314. The van der Waals surface area contributed by atoms with Crippen molar-refractivity contribution in [2.75, 3.05) is 17.2 Å². The Kier molecular flexibility index (Phi) is 8.40. The smallest absolute Gasteiger partial charge is 0.394 e. The topological polar surface area (TPSA) is 117 Å². The zero-order chi connectivity index (χ0) is 26.6. The number of carbonyl (C=O) groups excluding carboxylic acids is 1. The number of hydrogen-bond acceptors (Lipinski definition) is 7. The minimum Gasteiger partial charge on any atom is -0.394 e. The molecule has 14 heteroatoms. The van der Waals surface area contributed by atoms with Crippen LogP contribution in [0, 0.1) is 0 Å². The van der Waals surface area contributed by atoms with E-state index in [2.05, 4.69) is 31.0 Å². The molecule has 2 aromatic heterocycles. The fourth-order valence-corrected chi connectivity index (χ4v) is 4.61. The summed E-state index contributed by atoms with van der Waals surface area (Å²) in [5, 5.41) is 22.8. The number of carbonyl (C=O) groups is 1. The number of aromatic nitrogens is 4. The van der Waals surface area contributed by atoms with Crippen LogP contribution in [0.4, 0.5) is 30.6 Å². The molecule has 9 nitrogen and oxygen atoms in total. The van der Waals surface area contributed by atoms with Gasteiger partial charge in [-0.1, -0.05) is 23.2 Å². The van der Waals surface area contributed by atoms with Crippen LogP contribution in [-0.2, 0) is 11.3 Å². The third-order valence-corrected chi connectivity index (χ3v) is 6.28. The first-order chi connectivity index (χ1) is 17.6. The zero-order valence-corrected chi connectivity index (χ0v) is 20.9. The van der Waals surface area contributed by atoms with Crippen LogP contribution in [0.5, 0.6) is 0 Å². The van der Waals surface area contributed by atoms with Crippen LogP contribution in [0.15, 0.2) is 36.8 Å². The van der Waals surface area contributed by atoms with Crippen molar-refractivity contribution < 1.29 is 23.1 Å². The highest BCUT2D eigenvalue weighted by molar-refractivity contribution is 6.35. The van der Waals surface area contributed by atoms with E-state index in [0.717, 1.165) is 5.56 Å². The van der Waals surface area contributed by atoms with Gasteiger partial charge in [-0.25, -0.2) is 4.98 Å². The number of aliphatic hydroxyl groups is 1. The molecular weight excluding hydrogens is 534 g/mol. The predicted octanol–water partition coefficient (Wildman–Crippen LogP) is 4.78. The predicted molar refractivity (Wildman–Crippen MR) is 134 cm³/mol. The molecule has 0 bridgehead atoms. The van der Waals surface area contributed by atoms with Crippen molar-refractivity contribution in [3.05, 3.63) is 46.8 Å². The van der Waals surface area contributed by atoms with E-state index in [9.17, 15) is 23.1 Å². The summed E-state index contributed by atoms with van der Waals surface area (Å²) in [5.74, 6) is -1.14. The van der Waals surface area contributed by atoms with Gasteiger partial charge in [0.1, 0.15) is 5.82 Å². The van der Waals surface area contributed by atoms with Crippen LogP contribution in [0.2, 0.25) is 10.0 Å². The van der Waals surface area contributed by atoms with E-state index in [1.54, 1.807) is 41.5 Å². The first-order valence-electron chi connectivity index (χ1n) is 11.5. The second-order valence-corrected chi connectivity index (χ2v) is 9.49. The van der Waals surface area contributed by atoms with Crippen LogP contribution in [0.25, 0.3) is 11.1 Å². The van der Waals surface area contributed by atoms with Gasteiger partial charge in [0, 0.05) is 51.3 Å². The Morgan fingerprint density at radius 1 is 1.08 bits per heavy atom. The van der Waals surface area contributed by atoms with E-state index in [4.69, 9.17) is 23.2 Å². The van der Waals surface area contributed by atoms with E-state index < -0.39 is 18.1 Å². The lowest BCUT2D eigenvalue weighted by atomic mass is 9.91. The van der Waals surface area contributed by atoms with Crippen molar-refractivity contribution in [3.8, 4) is 11.1 Å². The number of hydrogen-bond donors (Lipinski definition) is 4. The lowest BCUT2D eigenvalue weighted by molar-refractivity contribution is -0.174. The number of nitrogens with one attached hydrogen (secondary N) is 3. The van der Waals surface area contributed by atoms with Crippen molar-refractivity contribution in [1.82, 2.24) is 25.1 Å². The molecule has 1 saturated carbocycles. The van der Waals surface area contributed by atoms with Crippen molar-refractivity contribution in [2.24, 2.45) is 0 Å². The van der Waals surface area contributed by atoms with Crippen LogP contribution in [0.3, 0.4) is 0 Å². The number of halogens is 5. The SMILES string of the molecule is O=C(NC1CCC(Nc2nc(Nc3cc(Cl)cc(Cl)c3)ncc2-c2cnn(CCO)c2)CC1)C(F)(F)F. The third kappa shape index (κ3) is 7.24. The van der Waals surface area contributed by atoms with Gasteiger partial charge in [0.05, 0.1) is 19.3 Å². The molecule has 1 aromatic carbocycles. The Labute approximate surface area is 220 Å². The van der Waals surface area contributed by atoms with Gasteiger partial charge in [-0.3, -0.25) is 9.48 Å². The minimum atomic E-state index is -4.90. The molecule has 0 unspecified atom stereocenters. The summed E-state index contributed by atoms with van der Waals surface area (Å²) in [6.45, 7) is 0.258. The lowest BCUT2D eigenvalue weighted by Crippen LogP contribution is -2.45. The number of benzene rings is 1. The Balaban J connectivity index is 1.53. The second-order valence-electron chi connectivity index (χ2n) is 8.62. The van der Waals surface area contributed by atoms with E-state index in [0.29, 0.717) is 59.3 Å². The molecule has 4 N–H and O–H groups in total. The molecular formula is C23H24Cl2F3N7O2. The van der Waals surface area contributed by atoms with Crippen LogP contribution < -0.4 is 16.0 Å². The summed E-state index contributed by atoms with van der Waals surface area (Å²) in [5.41, 5.74) is 1.97. The summed E-state index contributed by atoms with van der Waals surface area (Å²) in [6.07, 6.45) is 1.95. The molecule has 3 aromatic rings. The third-order valence-electron chi connectivity index (χ3n) is 5.84.